The van der Waals surface area contributed by atoms with Crippen molar-refractivity contribution >= 4 is 5.97 Å². The Balaban J connectivity index is 3.04. The number of hydrogen-bond donors (Lipinski definition) is 0. The van der Waals surface area contributed by atoms with E-state index in [0.29, 0.717) is 13.1 Å². The summed E-state index contributed by atoms with van der Waals surface area (Å²) in [6.07, 6.45) is 4.55. The van der Waals surface area contributed by atoms with Crippen LogP contribution in [-0.4, -0.2) is 24.0 Å². The van der Waals surface area contributed by atoms with Crippen LogP contribution in [0.15, 0.2) is 66.4 Å². The Morgan fingerprint density at radius 3 is 2.54 bits per heavy atom. The Labute approximate surface area is 142 Å². The van der Waals surface area contributed by atoms with Crippen molar-refractivity contribution < 1.29 is 9.53 Å². The molecule has 0 aliphatic rings. The molecule has 0 saturated carbocycles. The smallest absolute Gasteiger partial charge is 0.348 e. The van der Waals surface area contributed by atoms with Gasteiger partial charge in [0.15, 0.2) is 0 Å². The average molecular weight is 321 g/mol. The first kappa shape index (κ1) is 18.7. The molecule has 5 heteroatoms. The van der Waals surface area contributed by atoms with E-state index in [9.17, 15) is 10.1 Å². The Morgan fingerprint density at radius 2 is 2.00 bits per heavy atom. The largest absolute Gasteiger partial charge is 0.462 e. The number of rotatable bonds is 8. The molecule has 1 aromatic carbocycles. The maximum Gasteiger partial charge on any atom is 0.348 e. The molecular weight excluding hydrogens is 302 g/mol. The van der Waals surface area contributed by atoms with Gasteiger partial charge in [-0.1, -0.05) is 36.4 Å². The quantitative estimate of drug-likeness (QED) is 0.242. The van der Waals surface area contributed by atoms with Gasteiger partial charge in [-0.15, -0.1) is 6.58 Å². The van der Waals surface area contributed by atoms with Crippen molar-refractivity contribution in [1.29, 1.82) is 10.5 Å². The number of carbonyl (C=O) groups excluding carboxylic acids is 1. The molecule has 1 aromatic rings. The molecular formula is C19H19N3O2. The summed E-state index contributed by atoms with van der Waals surface area (Å²) in [7, 11) is 0. The van der Waals surface area contributed by atoms with E-state index < -0.39 is 5.97 Å². The third kappa shape index (κ3) is 6.21. The minimum absolute atomic E-state index is 0.167. The molecule has 0 fully saturated rings. The Morgan fingerprint density at radius 1 is 1.29 bits per heavy atom. The lowest BCUT2D eigenvalue weighted by Gasteiger charge is -2.19. The van der Waals surface area contributed by atoms with Gasteiger partial charge in [0.05, 0.1) is 12.2 Å². The summed E-state index contributed by atoms with van der Waals surface area (Å²) in [5, 5.41) is 18.3. The number of nitrogens with zero attached hydrogens (tertiary/aromatic N) is 3. The molecule has 122 valence electrons. The molecule has 0 spiro atoms. The predicted octanol–water partition coefficient (Wildman–Crippen LogP) is 3.10. The zero-order valence-electron chi connectivity index (χ0n) is 13.6. The molecule has 0 amide bonds. The second-order valence-electron chi connectivity index (χ2n) is 4.79. The second-order valence-corrected chi connectivity index (χ2v) is 4.79. The Bertz CT molecular complexity index is 706. The third-order valence-electron chi connectivity index (χ3n) is 2.96. The minimum Gasteiger partial charge on any atom is -0.462 e. The molecule has 0 radical (unpaired) electrons. The fourth-order valence-corrected chi connectivity index (χ4v) is 1.94. The van der Waals surface area contributed by atoms with Crippen LogP contribution in [0.4, 0.5) is 0 Å². The standard InChI is InChI=1S/C19H19N3O2/c1-3-10-22(14-16-8-6-5-7-9-16)15-17(12-20)11-18(13-21)19(23)24-4-2/h3,5-9,11,15H,1,4,10,14H2,2H3. The topological polar surface area (TPSA) is 77.1 Å². The van der Waals surface area contributed by atoms with Crippen LogP contribution in [0.3, 0.4) is 0 Å². The maximum absolute atomic E-state index is 11.6. The monoisotopic (exact) mass is 321 g/mol. The third-order valence-corrected chi connectivity index (χ3v) is 2.96. The molecule has 0 bridgehead atoms. The summed E-state index contributed by atoms with van der Waals surface area (Å²) in [6, 6.07) is 13.5. The predicted molar refractivity (Wildman–Crippen MR) is 91.1 cm³/mol. The van der Waals surface area contributed by atoms with Crippen LogP contribution >= 0.6 is 0 Å². The van der Waals surface area contributed by atoms with Crippen LogP contribution < -0.4 is 0 Å². The van der Waals surface area contributed by atoms with Crippen LogP contribution in [-0.2, 0) is 16.1 Å². The van der Waals surface area contributed by atoms with E-state index in [2.05, 4.69) is 6.58 Å². The highest BCUT2D eigenvalue weighted by Gasteiger charge is 2.11. The number of nitriles is 2. The number of esters is 1. The number of carbonyl (C=O) groups is 1. The van der Waals surface area contributed by atoms with Gasteiger partial charge in [-0.2, -0.15) is 10.5 Å². The van der Waals surface area contributed by atoms with E-state index in [-0.39, 0.29) is 17.8 Å². The summed E-state index contributed by atoms with van der Waals surface area (Å²) in [6.45, 7) is 6.63. The highest BCUT2D eigenvalue weighted by Crippen LogP contribution is 2.10. The average Bonchev–Trinajstić information content (AvgIpc) is 2.59. The molecule has 0 N–H and O–H groups in total. The van der Waals surface area contributed by atoms with Gasteiger partial charge >= 0.3 is 5.97 Å². The van der Waals surface area contributed by atoms with E-state index >= 15 is 0 Å². The first-order chi connectivity index (χ1) is 11.6. The first-order valence-electron chi connectivity index (χ1n) is 7.44. The zero-order valence-corrected chi connectivity index (χ0v) is 13.6. The number of hydrogen-bond acceptors (Lipinski definition) is 5. The Hall–Kier alpha value is -3.31. The molecule has 1 rings (SSSR count). The highest BCUT2D eigenvalue weighted by atomic mass is 16.5. The van der Waals surface area contributed by atoms with Crippen molar-refractivity contribution in [1.82, 2.24) is 4.90 Å². The second kappa shape index (κ2) is 10.4. The lowest BCUT2D eigenvalue weighted by molar-refractivity contribution is -0.138. The van der Waals surface area contributed by atoms with Gasteiger partial charge in [0, 0.05) is 19.3 Å². The molecule has 0 aromatic heterocycles. The van der Waals surface area contributed by atoms with Crippen LogP contribution in [0, 0.1) is 22.7 Å². The number of allylic oxidation sites excluding steroid dienone is 2. The van der Waals surface area contributed by atoms with Gasteiger partial charge in [-0.3, -0.25) is 0 Å². The maximum atomic E-state index is 11.6. The minimum atomic E-state index is -0.737. The van der Waals surface area contributed by atoms with E-state index in [0.717, 1.165) is 5.56 Å². The summed E-state index contributed by atoms with van der Waals surface area (Å²) in [5.74, 6) is -0.737. The molecule has 5 nitrogen and oxygen atoms in total. The van der Waals surface area contributed by atoms with Crippen molar-refractivity contribution in [2.75, 3.05) is 13.2 Å². The lowest BCUT2D eigenvalue weighted by Crippen LogP contribution is -2.17. The van der Waals surface area contributed by atoms with Crippen LogP contribution in [0.1, 0.15) is 12.5 Å². The van der Waals surface area contributed by atoms with Crippen LogP contribution in [0.2, 0.25) is 0 Å². The van der Waals surface area contributed by atoms with Crippen molar-refractivity contribution in [2.24, 2.45) is 0 Å². The van der Waals surface area contributed by atoms with Gasteiger partial charge in [0.25, 0.3) is 0 Å². The molecule has 0 saturated heterocycles. The fourth-order valence-electron chi connectivity index (χ4n) is 1.94. The first-order valence-corrected chi connectivity index (χ1v) is 7.44. The van der Waals surface area contributed by atoms with Gasteiger partial charge in [0.2, 0.25) is 0 Å². The van der Waals surface area contributed by atoms with Crippen molar-refractivity contribution in [3.8, 4) is 12.1 Å². The molecule has 24 heavy (non-hydrogen) atoms. The van der Waals surface area contributed by atoms with Crippen molar-refractivity contribution in [2.45, 2.75) is 13.5 Å². The molecule has 0 unspecified atom stereocenters. The van der Waals surface area contributed by atoms with Crippen LogP contribution in [0.5, 0.6) is 0 Å². The van der Waals surface area contributed by atoms with E-state index in [1.165, 1.54) is 6.08 Å². The zero-order chi connectivity index (χ0) is 17.8. The van der Waals surface area contributed by atoms with Gasteiger partial charge in [-0.25, -0.2) is 4.79 Å². The number of benzene rings is 1. The summed E-state index contributed by atoms with van der Waals surface area (Å²) >= 11 is 0. The molecule has 0 aliphatic carbocycles. The molecule has 0 aliphatic heterocycles. The summed E-state index contributed by atoms with van der Waals surface area (Å²) < 4.78 is 4.79. The van der Waals surface area contributed by atoms with Crippen molar-refractivity contribution in [3.63, 3.8) is 0 Å². The summed E-state index contributed by atoms with van der Waals surface area (Å²) in [5.41, 5.74) is 1.06. The fraction of sp³-hybridized carbons (Fsp3) is 0.211. The van der Waals surface area contributed by atoms with Gasteiger partial charge in [-0.05, 0) is 18.6 Å². The molecule has 0 atom stereocenters. The lowest BCUT2D eigenvalue weighted by atomic mass is 10.1. The van der Waals surface area contributed by atoms with Gasteiger partial charge < -0.3 is 9.64 Å². The summed E-state index contributed by atoms with van der Waals surface area (Å²) in [4.78, 5) is 13.5. The van der Waals surface area contributed by atoms with E-state index in [1.54, 1.807) is 25.3 Å². The van der Waals surface area contributed by atoms with Crippen LogP contribution in [0.25, 0.3) is 0 Å². The van der Waals surface area contributed by atoms with Crippen molar-refractivity contribution in [3.05, 3.63) is 72.0 Å². The van der Waals surface area contributed by atoms with E-state index in [1.807, 2.05) is 41.3 Å². The normalized spacial score (nSPS) is 11.1. The highest BCUT2D eigenvalue weighted by molar-refractivity contribution is 5.93. The number of ether oxygens (including phenoxy) is 1. The Kier molecular flexibility index (Phi) is 8.14. The SMILES string of the molecule is C=CCN(C=C(C#N)C=C(C#N)C(=O)OCC)Cc1ccccc1. The molecule has 0 heterocycles. The van der Waals surface area contributed by atoms with E-state index in [4.69, 9.17) is 10.00 Å². The van der Waals surface area contributed by atoms with Gasteiger partial charge in [0.1, 0.15) is 17.7 Å².